The normalized spacial score (nSPS) is 13.5. The minimum atomic E-state index is -3.85. The molecule has 1 aliphatic rings. The molecule has 0 bridgehead atoms. The van der Waals surface area contributed by atoms with Crippen LogP contribution in [0.2, 0.25) is 0 Å². The molecule has 9 heteroatoms. The molecule has 3 aromatic rings. The van der Waals surface area contributed by atoms with E-state index in [2.05, 4.69) is 14.7 Å². The number of anilines is 2. The fourth-order valence-corrected chi connectivity index (χ4v) is 4.94. The monoisotopic (exact) mass is 452 g/mol. The molecule has 1 amide bonds. The number of aromatic amines is 1. The second-order valence-corrected chi connectivity index (χ2v) is 9.37. The summed E-state index contributed by atoms with van der Waals surface area (Å²) in [5.41, 5.74) is 2.95. The van der Waals surface area contributed by atoms with Crippen molar-refractivity contribution < 1.29 is 13.2 Å². The Balaban J connectivity index is 1.64. The zero-order chi connectivity index (χ0) is 22.9. The lowest BCUT2D eigenvalue weighted by Gasteiger charge is -2.28. The van der Waals surface area contributed by atoms with Crippen molar-refractivity contribution in [3.05, 3.63) is 70.1 Å². The Kier molecular flexibility index (Phi) is 5.84. The van der Waals surface area contributed by atoms with Crippen LogP contribution in [0.5, 0.6) is 0 Å². The van der Waals surface area contributed by atoms with Crippen molar-refractivity contribution in [3.8, 4) is 11.4 Å². The van der Waals surface area contributed by atoms with Gasteiger partial charge < -0.3 is 9.88 Å². The first kappa shape index (κ1) is 21.8. The van der Waals surface area contributed by atoms with E-state index in [1.54, 1.807) is 41.3 Å². The standard InChI is InChI=1S/C23H24N4O4S/c1-3-18-14-22(29)25-23(24-18)17-6-4-8-19(12-17)26-32(30,31)20-9-10-21-16(13-20)7-5-11-27(21)15(2)28/h4,6,8-10,12-14,26H,3,5,7,11H2,1-2H3,(H,24,25,29). The number of hydrogen-bond donors (Lipinski definition) is 2. The zero-order valence-corrected chi connectivity index (χ0v) is 18.7. The van der Waals surface area contributed by atoms with E-state index in [0.717, 1.165) is 17.7 Å². The van der Waals surface area contributed by atoms with Crippen molar-refractivity contribution in [3.63, 3.8) is 0 Å². The first-order valence-electron chi connectivity index (χ1n) is 10.4. The van der Waals surface area contributed by atoms with Crippen molar-refractivity contribution in [2.24, 2.45) is 0 Å². The average molecular weight is 453 g/mol. The summed E-state index contributed by atoms with van der Waals surface area (Å²) < 4.78 is 28.7. The molecule has 0 saturated carbocycles. The summed E-state index contributed by atoms with van der Waals surface area (Å²) in [7, 11) is -3.85. The van der Waals surface area contributed by atoms with Crippen molar-refractivity contribution in [2.75, 3.05) is 16.2 Å². The molecule has 166 valence electrons. The molecule has 32 heavy (non-hydrogen) atoms. The predicted molar refractivity (Wildman–Crippen MR) is 123 cm³/mol. The molecule has 8 nitrogen and oxygen atoms in total. The van der Waals surface area contributed by atoms with Gasteiger partial charge >= 0.3 is 0 Å². The van der Waals surface area contributed by atoms with Gasteiger partial charge in [-0.3, -0.25) is 14.3 Å². The molecule has 2 N–H and O–H groups in total. The van der Waals surface area contributed by atoms with Gasteiger partial charge in [-0.25, -0.2) is 13.4 Å². The fraction of sp³-hybridized carbons (Fsp3) is 0.261. The third-order valence-electron chi connectivity index (χ3n) is 5.41. The van der Waals surface area contributed by atoms with Crippen LogP contribution in [0.1, 0.15) is 31.5 Å². The van der Waals surface area contributed by atoms with Crippen LogP contribution in [0.25, 0.3) is 11.4 Å². The number of benzene rings is 2. The van der Waals surface area contributed by atoms with Gasteiger partial charge in [0, 0.05) is 42.2 Å². The average Bonchev–Trinajstić information content (AvgIpc) is 2.77. The number of aryl methyl sites for hydroxylation is 2. The minimum Gasteiger partial charge on any atom is -0.312 e. The molecular weight excluding hydrogens is 428 g/mol. The Bertz CT molecular complexity index is 1350. The van der Waals surface area contributed by atoms with Crippen molar-refractivity contribution in [2.45, 2.75) is 38.0 Å². The summed E-state index contributed by atoms with van der Waals surface area (Å²) in [6, 6.07) is 13.0. The van der Waals surface area contributed by atoms with E-state index in [1.807, 2.05) is 6.92 Å². The Morgan fingerprint density at radius 3 is 2.75 bits per heavy atom. The van der Waals surface area contributed by atoms with Gasteiger partial charge in [0.2, 0.25) is 5.91 Å². The van der Waals surface area contributed by atoms with E-state index in [-0.39, 0.29) is 16.4 Å². The van der Waals surface area contributed by atoms with Crippen LogP contribution >= 0.6 is 0 Å². The maximum Gasteiger partial charge on any atom is 0.261 e. The molecular formula is C23H24N4O4S. The van der Waals surface area contributed by atoms with E-state index in [0.29, 0.717) is 42.2 Å². The molecule has 0 unspecified atom stereocenters. The number of hydrogen-bond acceptors (Lipinski definition) is 5. The van der Waals surface area contributed by atoms with Crippen LogP contribution in [0.15, 0.2) is 58.2 Å². The van der Waals surface area contributed by atoms with E-state index in [9.17, 15) is 18.0 Å². The third kappa shape index (κ3) is 4.43. The highest BCUT2D eigenvalue weighted by atomic mass is 32.2. The smallest absolute Gasteiger partial charge is 0.261 e. The van der Waals surface area contributed by atoms with Gasteiger partial charge in [-0.1, -0.05) is 19.1 Å². The van der Waals surface area contributed by atoms with Gasteiger partial charge in [-0.2, -0.15) is 0 Å². The second kappa shape index (κ2) is 8.58. The Morgan fingerprint density at radius 2 is 2.00 bits per heavy atom. The lowest BCUT2D eigenvalue weighted by atomic mass is 10.0. The van der Waals surface area contributed by atoms with Gasteiger partial charge in [0.05, 0.1) is 4.90 Å². The number of carbonyl (C=O) groups is 1. The zero-order valence-electron chi connectivity index (χ0n) is 17.9. The Labute approximate surface area is 186 Å². The number of nitrogens with zero attached hydrogens (tertiary/aromatic N) is 2. The SMILES string of the molecule is CCc1cc(=O)[nH]c(-c2cccc(NS(=O)(=O)c3ccc4c(c3)CCCN4C(C)=O)c2)n1. The number of fused-ring (bicyclic) bond motifs is 1. The number of aromatic nitrogens is 2. The summed E-state index contributed by atoms with van der Waals surface area (Å²) in [5.74, 6) is 0.323. The number of amides is 1. The van der Waals surface area contributed by atoms with Gasteiger partial charge in [0.1, 0.15) is 5.82 Å². The number of sulfonamides is 1. The highest BCUT2D eigenvalue weighted by Crippen LogP contribution is 2.30. The van der Waals surface area contributed by atoms with Crippen LogP contribution < -0.4 is 15.2 Å². The highest BCUT2D eigenvalue weighted by molar-refractivity contribution is 7.92. The summed E-state index contributed by atoms with van der Waals surface area (Å²) >= 11 is 0. The number of rotatable bonds is 5. The molecule has 2 heterocycles. The topological polar surface area (TPSA) is 112 Å². The number of carbonyl (C=O) groups excluding carboxylic acids is 1. The molecule has 0 spiro atoms. The number of H-pyrrole nitrogens is 1. The first-order valence-corrected chi connectivity index (χ1v) is 11.9. The van der Waals surface area contributed by atoms with Gasteiger partial charge in [0.25, 0.3) is 15.6 Å². The minimum absolute atomic E-state index is 0.0599. The van der Waals surface area contributed by atoms with E-state index >= 15 is 0 Å². The molecule has 0 atom stereocenters. The fourth-order valence-electron chi connectivity index (χ4n) is 3.84. The van der Waals surface area contributed by atoms with E-state index in [4.69, 9.17) is 0 Å². The lowest BCUT2D eigenvalue weighted by molar-refractivity contribution is -0.116. The molecule has 4 rings (SSSR count). The lowest BCUT2D eigenvalue weighted by Crippen LogP contribution is -2.33. The molecule has 0 aliphatic carbocycles. The molecule has 2 aromatic carbocycles. The summed E-state index contributed by atoms with van der Waals surface area (Å²) in [4.78, 5) is 32.7. The van der Waals surface area contributed by atoms with Crippen LogP contribution in [0, 0.1) is 0 Å². The van der Waals surface area contributed by atoms with Crippen molar-refractivity contribution >= 4 is 27.3 Å². The van der Waals surface area contributed by atoms with Crippen LogP contribution in [0.4, 0.5) is 11.4 Å². The number of nitrogens with one attached hydrogen (secondary N) is 2. The van der Waals surface area contributed by atoms with E-state index in [1.165, 1.54) is 19.1 Å². The van der Waals surface area contributed by atoms with Crippen LogP contribution in [-0.2, 0) is 27.7 Å². The van der Waals surface area contributed by atoms with Gasteiger partial charge in [-0.15, -0.1) is 0 Å². The second-order valence-electron chi connectivity index (χ2n) is 7.69. The van der Waals surface area contributed by atoms with Gasteiger partial charge in [-0.05, 0) is 55.2 Å². The molecule has 1 aliphatic heterocycles. The maximum absolute atomic E-state index is 13.0. The van der Waals surface area contributed by atoms with Crippen molar-refractivity contribution in [1.82, 2.24) is 9.97 Å². The van der Waals surface area contributed by atoms with Crippen LogP contribution in [-0.4, -0.2) is 30.8 Å². The highest BCUT2D eigenvalue weighted by Gasteiger charge is 2.23. The van der Waals surface area contributed by atoms with E-state index < -0.39 is 10.0 Å². The Morgan fingerprint density at radius 1 is 1.19 bits per heavy atom. The summed E-state index contributed by atoms with van der Waals surface area (Å²) in [6.07, 6.45) is 2.11. The molecule has 0 radical (unpaired) electrons. The van der Waals surface area contributed by atoms with Gasteiger partial charge in [0.15, 0.2) is 0 Å². The van der Waals surface area contributed by atoms with Crippen LogP contribution in [0.3, 0.4) is 0 Å². The molecule has 1 aromatic heterocycles. The largest absolute Gasteiger partial charge is 0.312 e. The molecule has 0 saturated heterocycles. The maximum atomic E-state index is 13.0. The first-order chi connectivity index (χ1) is 15.3. The molecule has 0 fully saturated rings. The van der Waals surface area contributed by atoms with Crippen molar-refractivity contribution in [1.29, 1.82) is 0 Å². The third-order valence-corrected chi connectivity index (χ3v) is 6.78. The Hall–Kier alpha value is -3.46. The summed E-state index contributed by atoms with van der Waals surface area (Å²) in [6.45, 7) is 4.05. The quantitative estimate of drug-likeness (QED) is 0.618. The predicted octanol–water partition coefficient (Wildman–Crippen LogP) is 3.10. The summed E-state index contributed by atoms with van der Waals surface area (Å²) in [5, 5.41) is 0.